The summed E-state index contributed by atoms with van der Waals surface area (Å²) < 4.78 is 25.2. The molecule has 2 fully saturated rings. The first kappa shape index (κ1) is 41.8. The number of aromatic nitrogens is 8. The van der Waals surface area contributed by atoms with Gasteiger partial charge in [-0.2, -0.15) is 9.97 Å². The average Bonchev–Trinajstić information content (AvgIpc) is 3.76. The fraction of sp³-hybridized carbons (Fsp3) is 0.548. The van der Waals surface area contributed by atoms with Gasteiger partial charge in [-0.3, -0.25) is 29.6 Å². The van der Waals surface area contributed by atoms with Crippen LogP contribution in [0.4, 0.5) is 23.0 Å². The molecule has 2 aliphatic heterocycles. The van der Waals surface area contributed by atoms with Crippen molar-refractivity contribution in [2.75, 3.05) is 63.4 Å². The molecule has 4 aromatic rings. The van der Waals surface area contributed by atoms with Crippen LogP contribution in [0.1, 0.15) is 56.3 Å². The topological polar surface area (TPSA) is 234 Å². The number of anilines is 2. The molecular formula is C31H38Cl4N12O8. The molecule has 0 spiro atoms. The van der Waals surface area contributed by atoms with Crippen molar-refractivity contribution in [3.8, 4) is 11.8 Å². The summed E-state index contributed by atoms with van der Waals surface area (Å²) in [4.78, 5) is 37.3. The molecule has 2 atom stereocenters. The first-order chi connectivity index (χ1) is 26.5. The monoisotopic (exact) mass is 846 g/mol. The van der Waals surface area contributed by atoms with Crippen molar-refractivity contribution in [1.29, 1.82) is 0 Å². The lowest BCUT2D eigenvalue weighted by Gasteiger charge is -2.22. The molecule has 2 N–H and O–H groups in total. The van der Waals surface area contributed by atoms with Crippen LogP contribution in [0.2, 0.25) is 20.6 Å². The molecule has 6 heterocycles. The van der Waals surface area contributed by atoms with Crippen molar-refractivity contribution in [2.45, 2.75) is 57.5 Å². The zero-order valence-electron chi connectivity index (χ0n) is 29.5. The minimum atomic E-state index is -0.497. The lowest BCUT2D eigenvalue weighted by atomic mass is 10.1. The Morgan fingerprint density at radius 2 is 1.36 bits per heavy atom. The zero-order chi connectivity index (χ0) is 39.3. The van der Waals surface area contributed by atoms with Crippen LogP contribution in [0.25, 0.3) is 0 Å². The van der Waals surface area contributed by atoms with Gasteiger partial charge in [0.15, 0.2) is 0 Å². The van der Waals surface area contributed by atoms with Crippen LogP contribution < -0.4 is 20.1 Å². The van der Waals surface area contributed by atoms with E-state index in [1.165, 1.54) is 18.6 Å². The quantitative estimate of drug-likeness (QED) is 0.0526. The van der Waals surface area contributed by atoms with Crippen LogP contribution in [0.3, 0.4) is 0 Å². The number of hydrogen-bond donors (Lipinski definition) is 2. The summed E-state index contributed by atoms with van der Waals surface area (Å²) in [6.07, 6.45) is 8.84. The minimum Gasteiger partial charge on any atom is -0.472 e. The van der Waals surface area contributed by atoms with E-state index < -0.39 is 9.85 Å². The second-order valence-electron chi connectivity index (χ2n) is 12.2. The van der Waals surface area contributed by atoms with Crippen LogP contribution in [0.15, 0.2) is 18.6 Å². The van der Waals surface area contributed by atoms with Gasteiger partial charge in [-0.1, -0.05) is 23.2 Å². The van der Waals surface area contributed by atoms with Gasteiger partial charge in [0.2, 0.25) is 10.6 Å². The molecule has 298 valence electrons. The largest absolute Gasteiger partial charge is 0.472 e. The van der Waals surface area contributed by atoms with Crippen LogP contribution in [-0.4, -0.2) is 102 Å². The summed E-state index contributed by atoms with van der Waals surface area (Å²) in [5.41, 5.74) is 0.208. The van der Waals surface area contributed by atoms with Gasteiger partial charge in [0, 0.05) is 26.3 Å². The van der Waals surface area contributed by atoms with Crippen LogP contribution >= 0.6 is 46.4 Å². The van der Waals surface area contributed by atoms with E-state index in [2.05, 4.69) is 40.8 Å². The Morgan fingerprint density at radius 3 is 1.87 bits per heavy atom. The highest BCUT2D eigenvalue weighted by Crippen LogP contribution is 2.34. The van der Waals surface area contributed by atoms with Crippen molar-refractivity contribution in [2.24, 2.45) is 0 Å². The van der Waals surface area contributed by atoms with Crippen molar-refractivity contribution in [3.63, 3.8) is 0 Å². The van der Waals surface area contributed by atoms with Gasteiger partial charge in [0.25, 0.3) is 0 Å². The Balaban J connectivity index is 0.000000211. The number of rotatable bonds is 16. The Labute approximate surface area is 334 Å². The van der Waals surface area contributed by atoms with E-state index in [4.69, 9.17) is 65.4 Å². The predicted molar refractivity (Wildman–Crippen MR) is 202 cm³/mol. The first-order valence-electron chi connectivity index (χ1n) is 17.2. The van der Waals surface area contributed by atoms with Crippen molar-refractivity contribution in [1.82, 2.24) is 39.5 Å². The Morgan fingerprint density at radius 1 is 0.818 bits per heavy atom. The number of ether oxygens (including phenoxy) is 4. The normalized spacial score (nSPS) is 16.8. The van der Waals surface area contributed by atoms with E-state index in [9.17, 15) is 20.2 Å². The molecule has 0 aromatic carbocycles. The van der Waals surface area contributed by atoms with E-state index in [-0.39, 0.29) is 59.0 Å². The van der Waals surface area contributed by atoms with Crippen molar-refractivity contribution >= 4 is 69.4 Å². The first-order valence-corrected chi connectivity index (χ1v) is 18.7. The van der Waals surface area contributed by atoms with Crippen molar-refractivity contribution in [3.05, 3.63) is 65.1 Å². The van der Waals surface area contributed by atoms with Gasteiger partial charge in [0.05, 0.1) is 60.8 Å². The Bertz CT molecular complexity index is 1910. The third kappa shape index (κ3) is 11.8. The second-order valence-corrected chi connectivity index (χ2v) is 13.7. The summed E-state index contributed by atoms with van der Waals surface area (Å²) in [7, 11) is 0. The molecule has 2 aliphatic rings. The zero-order valence-corrected chi connectivity index (χ0v) is 32.6. The summed E-state index contributed by atoms with van der Waals surface area (Å²) in [5, 5.41) is 38.2. The molecule has 20 nitrogen and oxygen atoms in total. The van der Waals surface area contributed by atoms with E-state index in [1.807, 2.05) is 0 Å². The molecule has 0 amide bonds. The number of nitrogens with zero attached hydrogens (tertiary/aromatic N) is 10. The number of hydrogen-bond acceptors (Lipinski definition) is 16. The smallest absolute Gasteiger partial charge is 0.352 e. The van der Waals surface area contributed by atoms with E-state index in [1.54, 1.807) is 16.3 Å². The highest BCUT2D eigenvalue weighted by Gasteiger charge is 2.31. The molecule has 2 unspecified atom stereocenters. The standard InChI is InChI=1S/C16H20Cl2N6O4.C15H18Cl2N6O4/c1-10-13(24(25)26)15(22-23(10)11-4-2-6-27-9-11)28-7-3-5-19-14-12(17)8-20-16(18)21-14;16-11-7-19-15(17)20-13(11)18-4-2-6-27-14-12(23(24)25)8-22(21-14)10-3-1-5-26-9-10/h8,11H,2-7,9H2,1H3,(H,19,20,21);7-8,10H,1-6,9H2,(H,18,19,20). The highest BCUT2D eigenvalue weighted by molar-refractivity contribution is 6.34. The summed E-state index contributed by atoms with van der Waals surface area (Å²) in [6.45, 7) is 5.51. The maximum Gasteiger partial charge on any atom is 0.352 e. The summed E-state index contributed by atoms with van der Waals surface area (Å²) >= 11 is 23.4. The molecule has 0 bridgehead atoms. The molecule has 55 heavy (non-hydrogen) atoms. The number of halogens is 4. The molecule has 0 radical (unpaired) electrons. The molecule has 0 saturated carbocycles. The highest BCUT2D eigenvalue weighted by atomic mass is 35.5. The SMILES string of the molecule is Cc1c([N+](=O)[O-])c(OCCCNc2nc(Cl)ncc2Cl)nn1C1CCCOC1.O=[N+]([O-])c1cn(C2CCCOC2)nc1OCCCNc1nc(Cl)ncc1Cl. The molecular weight excluding hydrogens is 810 g/mol. The molecule has 0 aliphatic carbocycles. The average molecular weight is 849 g/mol. The molecule has 4 aromatic heterocycles. The van der Waals surface area contributed by atoms with E-state index in [0.29, 0.717) is 79.7 Å². The lowest BCUT2D eigenvalue weighted by Crippen LogP contribution is -2.23. The number of nitro groups is 2. The van der Waals surface area contributed by atoms with Crippen LogP contribution in [-0.2, 0) is 9.47 Å². The fourth-order valence-electron chi connectivity index (χ4n) is 5.61. The van der Waals surface area contributed by atoms with Gasteiger partial charge in [0.1, 0.15) is 33.6 Å². The van der Waals surface area contributed by atoms with Gasteiger partial charge in [-0.15, -0.1) is 10.2 Å². The lowest BCUT2D eigenvalue weighted by molar-refractivity contribution is -0.386. The maximum atomic E-state index is 11.5. The third-order valence-corrected chi connectivity index (χ3v) is 9.19. The number of nitrogens with one attached hydrogen (secondary N) is 2. The minimum absolute atomic E-state index is 0.00804. The van der Waals surface area contributed by atoms with E-state index in [0.717, 1.165) is 25.7 Å². The van der Waals surface area contributed by atoms with Crippen LogP contribution in [0, 0.1) is 27.2 Å². The van der Waals surface area contributed by atoms with E-state index >= 15 is 0 Å². The molecule has 24 heteroatoms. The summed E-state index contributed by atoms with van der Waals surface area (Å²) in [6, 6.07) is -0.0303. The fourth-order valence-corrected chi connectivity index (χ4v) is 6.19. The van der Waals surface area contributed by atoms with Gasteiger partial charge < -0.3 is 29.6 Å². The van der Waals surface area contributed by atoms with Crippen molar-refractivity contribution < 1.29 is 28.8 Å². The second kappa shape index (κ2) is 20.5. The molecule has 2 saturated heterocycles. The Hall–Kier alpha value is -4.34. The van der Waals surface area contributed by atoms with Gasteiger partial charge in [-0.05, 0) is 68.7 Å². The Kier molecular flexibility index (Phi) is 15.6. The predicted octanol–water partition coefficient (Wildman–Crippen LogP) is 6.55. The van der Waals surface area contributed by atoms with Gasteiger partial charge >= 0.3 is 23.1 Å². The molecule has 6 rings (SSSR count). The third-order valence-electron chi connectivity index (χ3n) is 8.27. The maximum absolute atomic E-state index is 11.5. The van der Waals surface area contributed by atoms with Gasteiger partial charge in [-0.25, -0.2) is 9.97 Å². The summed E-state index contributed by atoms with van der Waals surface area (Å²) in [5.74, 6) is 0.874. The van der Waals surface area contributed by atoms with Crippen LogP contribution in [0.5, 0.6) is 11.8 Å².